The second kappa shape index (κ2) is 8.25. The van der Waals surface area contributed by atoms with Crippen LogP contribution in [0.2, 0.25) is 0 Å². The van der Waals surface area contributed by atoms with E-state index in [0.717, 1.165) is 24.3 Å². The number of benzene rings is 1. The first-order valence-electron chi connectivity index (χ1n) is 8.03. The quantitative estimate of drug-likeness (QED) is 0.811. The van der Waals surface area contributed by atoms with Crippen molar-refractivity contribution in [3.8, 4) is 0 Å². The molecule has 2 N–H and O–H groups in total. The number of hydrogen-bond donors (Lipinski definition) is 2. The van der Waals surface area contributed by atoms with Crippen molar-refractivity contribution in [2.45, 2.75) is 44.8 Å². The maximum absolute atomic E-state index is 9.09. The molecule has 21 heavy (non-hydrogen) atoms. The van der Waals surface area contributed by atoms with Crippen LogP contribution < -0.4 is 10.2 Å². The number of hydrogen-bond acceptors (Lipinski definition) is 4. The monoisotopic (exact) mass is 292 g/mol. The number of aliphatic hydroxyl groups excluding tert-OH is 1. The summed E-state index contributed by atoms with van der Waals surface area (Å²) in [5.41, 5.74) is 2.30. The Kier molecular flexibility index (Phi) is 6.33. The summed E-state index contributed by atoms with van der Waals surface area (Å²) in [4.78, 5) is 2.17. The zero-order valence-corrected chi connectivity index (χ0v) is 13.2. The van der Waals surface area contributed by atoms with Gasteiger partial charge in [-0.2, -0.15) is 0 Å². The van der Waals surface area contributed by atoms with Gasteiger partial charge < -0.3 is 20.1 Å². The van der Waals surface area contributed by atoms with Crippen LogP contribution in [0.15, 0.2) is 24.3 Å². The molecule has 0 amide bonds. The second-order valence-electron chi connectivity index (χ2n) is 5.66. The highest BCUT2D eigenvalue weighted by molar-refractivity contribution is 5.55. The summed E-state index contributed by atoms with van der Waals surface area (Å²) in [5, 5.41) is 12.7. The van der Waals surface area contributed by atoms with Gasteiger partial charge in [-0.25, -0.2) is 0 Å². The highest BCUT2D eigenvalue weighted by Crippen LogP contribution is 2.25. The van der Waals surface area contributed by atoms with Crippen molar-refractivity contribution in [3.63, 3.8) is 0 Å². The van der Waals surface area contributed by atoms with E-state index in [-0.39, 0.29) is 6.61 Å². The van der Waals surface area contributed by atoms with E-state index in [9.17, 15) is 0 Å². The number of anilines is 2. The van der Waals surface area contributed by atoms with Gasteiger partial charge in [-0.05, 0) is 44.0 Å². The molecule has 2 rings (SSSR count). The second-order valence-corrected chi connectivity index (χ2v) is 5.66. The number of methoxy groups -OCH3 is 1. The largest absolute Gasteiger partial charge is 0.395 e. The lowest BCUT2D eigenvalue weighted by molar-refractivity contribution is 0.0606. The number of aliphatic hydroxyl groups is 1. The lowest BCUT2D eigenvalue weighted by atomic mass is 9.92. The van der Waals surface area contributed by atoms with E-state index in [4.69, 9.17) is 9.84 Å². The van der Waals surface area contributed by atoms with E-state index >= 15 is 0 Å². The predicted molar refractivity (Wildman–Crippen MR) is 88.1 cm³/mol. The van der Waals surface area contributed by atoms with E-state index in [0.29, 0.717) is 18.7 Å². The molecule has 1 saturated carbocycles. The third-order valence-corrected chi connectivity index (χ3v) is 4.34. The molecule has 1 aromatic carbocycles. The Morgan fingerprint density at radius 1 is 1.24 bits per heavy atom. The molecule has 0 bridgehead atoms. The molecule has 0 spiro atoms. The van der Waals surface area contributed by atoms with Crippen molar-refractivity contribution < 1.29 is 9.84 Å². The first kappa shape index (κ1) is 16.1. The molecule has 1 fully saturated rings. The Balaban J connectivity index is 1.98. The highest BCUT2D eigenvalue weighted by atomic mass is 16.5. The lowest BCUT2D eigenvalue weighted by Gasteiger charge is -2.32. The molecule has 4 nitrogen and oxygen atoms in total. The van der Waals surface area contributed by atoms with Crippen molar-refractivity contribution in [3.05, 3.63) is 24.3 Å². The topological polar surface area (TPSA) is 44.7 Å². The minimum atomic E-state index is 0.186. The maximum Gasteiger partial charge on any atom is 0.0772 e. The van der Waals surface area contributed by atoms with Crippen molar-refractivity contribution in [2.75, 3.05) is 37.0 Å². The molecule has 0 aromatic heterocycles. The molecular weight excluding hydrogens is 264 g/mol. The molecule has 1 aliphatic carbocycles. The Labute approximate surface area is 128 Å². The van der Waals surface area contributed by atoms with Crippen LogP contribution in [-0.2, 0) is 4.74 Å². The first-order valence-corrected chi connectivity index (χ1v) is 8.03. The summed E-state index contributed by atoms with van der Waals surface area (Å²) in [6, 6.07) is 8.89. The van der Waals surface area contributed by atoms with Crippen molar-refractivity contribution in [2.24, 2.45) is 0 Å². The van der Waals surface area contributed by atoms with Crippen LogP contribution in [-0.4, -0.2) is 44.1 Å². The van der Waals surface area contributed by atoms with Gasteiger partial charge in [-0.3, -0.25) is 0 Å². The van der Waals surface area contributed by atoms with Crippen molar-refractivity contribution in [1.29, 1.82) is 0 Å². The number of rotatable bonds is 7. The Bertz CT molecular complexity index is 408. The van der Waals surface area contributed by atoms with Crippen LogP contribution in [0.25, 0.3) is 0 Å². The van der Waals surface area contributed by atoms with Gasteiger partial charge in [-0.1, -0.05) is 12.8 Å². The zero-order valence-electron chi connectivity index (χ0n) is 13.2. The van der Waals surface area contributed by atoms with Crippen LogP contribution in [0, 0.1) is 0 Å². The minimum Gasteiger partial charge on any atom is -0.395 e. The van der Waals surface area contributed by atoms with Gasteiger partial charge in [0.1, 0.15) is 0 Å². The summed E-state index contributed by atoms with van der Waals surface area (Å²) in [7, 11) is 1.81. The third kappa shape index (κ3) is 4.35. The van der Waals surface area contributed by atoms with Gasteiger partial charge in [0, 0.05) is 31.6 Å². The third-order valence-electron chi connectivity index (χ3n) is 4.34. The molecule has 0 aliphatic heterocycles. The van der Waals surface area contributed by atoms with Crippen LogP contribution in [0.4, 0.5) is 11.4 Å². The standard InChI is InChI=1S/C17H28N2O2/c1-3-19(12-13-20)15-10-8-14(9-11-15)18-16-6-4-5-7-17(16)21-2/h8-11,16-18,20H,3-7,12-13H2,1-2H3. The van der Waals surface area contributed by atoms with Crippen molar-refractivity contribution in [1.82, 2.24) is 0 Å². The minimum absolute atomic E-state index is 0.186. The van der Waals surface area contributed by atoms with E-state index in [1.165, 1.54) is 19.3 Å². The molecule has 2 unspecified atom stereocenters. The fourth-order valence-corrected chi connectivity index (χ4v) is 3.12. The molecule has 2 atom stereocenters. The molecule has 4 heteroatoms. The maximum atomic E-state index is 9.09. The molecule has 1 aliphatic rings. The van der Waals surface area contributed by atoms with Gasteiger partial charge in [0.25, 0.3) is 0 Å². The molecular formula is C17H28N2O2. The van der Waals surface area contributed by atoms with E-state index in [1.807, 2.05) is 7.11 Å². The normalized spacial score (nSPS) is 22.0. The smallest absolute Gasteiger partial charge is 0.0772 e. The van der Waals surface area contributed by atoms with Gasteiger partial charge >= 0.3 is 0 Å². The van der Waals surface area contributed by atoms with E-state index in [2.05, 4.69) is 41.4 Å². The summed E-state index contributed by atoms with van der Waals surface area (Å²) >= 11 is 0. The number of likely N-dealkylation sites (N-methyl/N-ethyl adjacent to an activating group) is 1. The highest BCUT2D eigenvalue weighted by Gasteiger charge is 2.24. The Morgan fingerprint density at radius 3 is 2.57 bits per heavy atom. The molecule has 0 radical (unpaired) electrons. The number of nitrogens with one attached hydrogen (secondary N) is 1. The van der Waals surface area contributed by atoms with Gasteiger partial charge in [-0.15, -0.1) is 0 Å². The first-order chi connectivity index (χ1) is 10.3. The predicted octanol–water partition coefficient (Wildman–Crippen LogP) is 2.87. The lowest BCUT2D eigenvalue weighted by Crippen LogP contribution is -2.37. The zero-order chi connectivity index (χ0) is 15.1. The fraction of sp³-hybridized carbons (Fsp3) is 0.647. The van der Waals surface area contributed by atoms with Crippen LogP contribution >= 0.6 is 0 Å². The molecule has 0 heterocycles. The Morgan fingerprint density at radius 2 is 1.95 bits per heavy atom. The number of nitrogens with zero attached hydrogens (tertiary/aromatic N) is 1. The van der Waals surface area contributed by atoms with E-state index in [1.54, 1.807) is 0 Å². The summed E-state index contributed by atoms with van der Waals surface area (Å²) in [5.74, 6) is 0. The summed E-state index contributed by atoms with van der Waals surface area (Å²) in [6.07, 6.45) is 5.18. The van der Waals surface area contributed by atoms with Gasteiger partial charge in [0.2, 0.25) is 0 Å². The SMILES string of the molecule is CCN(CCO)c1ccc(NC2CCCCC2OC)cc1. The van der Waals surface area contributed by atoms with Gasteiger partial charge in [0.05, 0.1) is 18.8 Å². The molecule has 118 valence electrons. The van der Waals surface area contributed by atoms with Crippen molar-refractivity contribution >= 4 is 11.4 Å². The number of ether oxygens (including phenoxy) is 1. The average Bonchev–Trinajstić information content (AvgIpc) is 2.54. The molecule has 0 saturated heterocycles. The average molecular weight is 292 g/mol. The van der Waals surface area contributed by atoms with Crippen LogP contribution in [0.1, 0.15) is 32.6 Å². The van der Waals surface area contributed by atoms with Crippen LogP contribution in [0.5, 0.6) is 0 Å². The summed E-state index contributed by atoms with van der Waals surface area (Å²) < 4.78 is 5.59. The van der Waals surface area contributed by atoms with Gasteiger partial charge in [0.15, 0.2) is 0 Å². The molecule has 1 aromatic rings. The van der Waals surface area contributed by atoms with E-state index < -0.39 is 0 Å². The Hall–Kier alpha value is -1.26. The summed E-state index contributed by atoms with van der Waals surface area (Å²) in [6.45, 7) is 3.87. The van der Waals surface area contributed by atoms with Crippen LogP contribution in [0.3, 0.4) is 0 Å². The fourth-order valence-electron chi connectivity index (χ4n) is 3.12.